The molecule has 1 aliphatic rings. The van der Waals surface area contributed by atoms with Gasteiger partial charge in [0.1, 0.15) is 19.7 Å². The van der Waals surface area contributed by atoms with Crippen LogP contribution in [0.3, 0.4) is 0 Å². The number of alkyl halides is 1. The smallest absolute Gasteiger partial charge is 0.188 e. The molecule has 3 nitrogen and oxygen atoms in total. The predicted octanol–water partition coefficient (Wildman–Crippen LogP) is 4.44. The average molecular weight is 336 g/mol. The Morgan fingerprint density at radius 1 is 1.22 bits per heavy atom. The van der Waals surface area contributed by atoms with Gasteiger partial charge >= 0.3 is 0 Å². The minimum atomic E-state index is 0.0190. The van der Waals surface area contributed by atoms with Crippen LogP contribution in [0.1, 0.15) is 50.2 Å². The van der Waals surface area contributed by atoms with Crippen molar-refractivity contribution < 1.29 is 9.22 Å². The van der Waals surface area contributed by atoms with Crippen molar-refractivity contribution in [1.82, 2.24) is 0 Å². The van der Waals surface area contributed by atoms with E-state index < -0.39 is 0 Å². The second kappa shape index (κ2) is 9.27. The lowest BCUT2D eigenvalue weighted by molar-refractivity contribution is -0.959. The highest BCUT2D eigenvalue weighted by atomic mass is 35.5. The minimum absolute atomic E-state index is 0.0190. The van der Waals surface area contributed by atoms with Crippen LogP contribution in [0.25, 0.3) is 0 Å². The molecule has 0 N–H and O–H groups in total. The van der Waals surface area contributed by atoms with Gasteiger partial charge in [-0.2, -0.15) is 5.26 Å². The van der Waals surface area contributed by atoms with Crippen LogP contribution in [-0.2, 0) is 11.3 Å². The number of benzene rings is 1. The largest absolute Gasteiger partial charge is 0.368 e. The molecule has 1 saturated heterocycles. The van der Waals surface area contributed by atoms with Crippen LogP contribution in [0.2, 0.25) is 0 Å². The van der Waals surface area contributed by atoms with Gasteiger partial charge in [-0.1, -0.05) is 49.9 Å². The Labute approximate surface area is 145 Å². The van der Waals surface area contributed by atoms with Crippen LogP contribution >= 0.6 is 11.6 Å². The molecule has 2 rings (SSSR count). The third kappa shape index (κ3) is 5.21. The number of ether oxygens (including phenoxy) is 1. The first kappa shape index (κ1) is 18.3. The van der Waals surface area contributed by atoms with Crippen LogP contribution < -0.4 is 0 Å². The Hall–Kier alpha value is -1.08. The molecule has 23 heavy (non-hydrogen) atoms. The zero-order valence-corrected chi connectivity index (χ0v) is 14.9. The maximum atomic E-state index is 8.94. The van der Waals surface area contributed by atoms with Crippen LogP contribution in [-0.4, -0.2) is 36.3 Å². The zero-order valence-electron chi connectivity index (χ0n) is 14.1. The molecular weight excluding hydrogens is 308 g/mol. The quantitative estimate of drug-likeness (QED) is 0.304. The number of quaternary nitrogens is 1. The molecular formula is C19H28ClN2O+. The van der Waals surface area contributed by atoms with Gasteiger partial charge in [0.2, 0.25) is 0 Å². The van der Waals surface area contributed by atoms with Gasteiger partial charge < -0.3 is 9.22 Å². The highest BCUT2D eigenvalue weighted by Crippen LogP contribution is 2.27. The van der Waals surface area contributed by atoms with Gasteiger partial charge in [0.15, 0.2) is 5.50 Å². The summed E-state index contributed by atoms with van der Waals surface area (Å²) in [5.74, 6) is 0. The molecule has 0 radical (unpaired) electrons. The molecule has 126 valence electrons. The first-order valence-electron chi connectivity index (χ1n) is 8.77. The van der Waals surface area contributed by atoms with E-state index in [-0.39, 0.29) is 5.50 Å². The van der Waals surface area contributed by atoms with E-state index in [0.717, 1.165) is 30.7 Å². The summed E-state index contributed by atoms with van der Waals surface area (Å²) < 4.78 is 6.47. The second-order valence-electron chi connectivity index (χ2n) is 6.56. The maximum Gasteiger partial charge on any atom is 0.188 e. The molecule has 1 fully saturated rings. The number of hydrogen-bond acceptors (Lipinski definition) is 2. The van der Waals surface area contributed by atoms with E-state index in [0.29, 0.717) is 12.2 Å². The summed E-state index contributed by atoms with van der Waals surface area (Å²) in [5.41, 5.74) is 1.99. The van der Waals surface area contributed by atoms with Gasteiger partial charge in [-0.05, 0) is 25.0 Å². The van der Waals surface area contributed by atoms with E-state index in [1.165, 1.54) is 37.7 Å². The van der Waals surface area contributed by atoms with E-state index in [9.17, 15) is 0 Å². The van der Waals surface area contributed by atoms with Crippen molar-refractivity contribution in [3.05, 3.63) is 35.4 Å². The maximum absolute atomic E-state index is 8.94. The molecule has 1 aliphatic heterocycles. The molecule has 0 bridgehead atoms. The molecule has 1 aromatic carbocycles. The number of unbranched alkanes of at least 4 members (excludes halogenated alkanes) is 4. The molecule has 1 heterocycles. The average Bonchev–Trinajstić information content (AvgIpc) is 2.58. The Bertz CT molecular complexity index is 511. The second-order valence-corrected chi connectivity index (χ2v) is 7.06. The topological polar surface area (TPSA) is 33.0 Å². The van der Waals surface area contributed by atoms with E-state index in [4.69, 9.17) is 21.6 Å². The lowest BCUT2D eigenvalue weighted by atomic mass is 10.1. The molecule has 0 aromatic heterocycles. The van der Waals surface area contributed by atoms with Crippen LogP contribution in [0, 0.1) is 11.3 Å². The number of morpholine rings is 1. The number of rotatable bonds is 8. The fourth-order valence-electron chi connectivity index (χ4n) is 3.31. The van der Waals surface area contributed by atoms with Gasteiger partial charge in [0.05, 0.1) is 24.8 Å². The fourth-order valence-corrected chi connectivity index (χ4v) is 3.67. The monoisotopic (exact) mass is 335 g/mol. The van der Waals surface area contributed by atoms with Gasteiger partial charge in [0, 0.05) is 5.56 Å². The van der Waals surface area contributed by atoms with Crippen molar-refractivity contribution in [3.8, 4) is 6.07 Å². The molecule has 0 amide bonds. The van der Waals surface area contributed by atoms with E-state index in [1.54, 1.807) is 0 Å². The summed E-state index contributed by atoms with van der Waals surface area (Å²) in [5, 5.41) is 8.94. The molecule has 2 unspecified atom stereocenters. The third-order valence-electron chi connectivity index (χ3n) is 4.82. The summed E-state index contributed by atoms with van der Waals surface area (Å²) in [6, 6.07) is 10.1. The lowest BCUT2D eigenvalue weighted by Crippen LogP contribution is -2.59. The number of nitrogens with zero attached hydrogens (tertiary/aromatic N) is 2. The normalized spacial score (nSPS) is 24.3. The van der Waals surface area contributed by atoms with Crippen LogP contribution in [0.4, 0.5) is 0 Å². The number of halogens is 1. The summed E-state index contributed by atoms with van der Waals surface area (Å²) in [6.45, 7) is 6.68. The minimum Gasteiger partial charge on any atom is -0.368 e. The molecule has 2 atom stereocenters. The molecule has 0 aliphatic carbocycles. The summed E-state index contributed by atoms with van der Waals surface area (Å²) >= 11 is 6.68. The standard InChI is InChI=1S/C19H28ClN2O/c1-2-3-4-5-6-11-22(12-13-23-16-19(22)20)15-18-9-7-17(14-21)8-10-18/h7-10,19H,2-6,11-13,15-16H2,1H3/q+1. The van der Waals surface area contributed by atoms with E-state index in [2.05, 4.69) is 25.1 Å². The van der Waals surface area contributed by atoms with E-state index >= 15 is 0 Å². The van der Waals surface area contributed by atoms with Gasteiger partial charge in [0.25, 0.3) is 0 Å². The summed E-state index contributed by atoms with van der Waals surface area (Å²) in [6.07, 6.45) is 6.42. The van der Waals surface area contributed by atoms with Gasteiger partial charge in [-0.3, -0.25) is 0 Å². The van der Waals surface area contributed by atoms with Crippen molar-refractivity contribution in [2.75, 3.05) is 26.3 Å². The van der Waals surface area contributed by atoms with Crippen molar-refractivity contribution in [2.45, 2.75) is 51.1 Å². The van der Waals surface area contributed by atoms with Crippen molar-refractivity contribution in [1.29, 1.82) is 5.26 Å². The highest BCUT2D eigenvalue weighted by molar-refractivity contribution is 6.19. The van der Waals surface area contributed by atoms with Crippen molar-refractivity contribution in [3.63, 3.8) is 0 Å². The molecule has 1 aromatic rings. The molecule has 4 heteroatoms. The lowest BCUT2D eigenvalue weighted by Gasteiger charge is -2.45. The van der Waals surface area contributed by atoms with Crippen molar-refractivity contribution in [2.24, 2.45) is 0 Å². The molecule has 0 saturated carbocycles. The zero-order chi connectivity index (χ0) is 16.5. The summed E-state index contributed by atoms with van der Waals surface area (Å²) in [4.78, 5) is 0. The van der Waals surface area contributed by atoms with Gasteiger partial charge in [-0.15, -0.1) is 0 Å². The number of nitriles is 1. The van der Waals surface area contributed by atoms with Gasteiger partial charge in [-0.25, -0.2) is 0 Å². The van der Waals surface area contributed by atoms with E-state index in [1.807, 2.05) is 12.1 Å². The first-order chi connectivity index (χ1) is 11.2. The molecule has 0 spiro atoms. The Morgan fingerprint density at radius 2 is 1.96 bits per heavy atom. The number of hydrogen-bond donors (Lipinski definition) is 0. The SMILES string of the molecule is CCCCCCC[N+]1(Cc2ccc(C#N)cc2)CCOCC1Cl. The Morgan fingerprint density at radius 3 is 2.61 bits per heavy atom. The van der Waals surface area contributed by atoms with Crippen molar-refractivity contribution >= 4 is 11.6 Å². The Kier molecular flexibility index (Phi) is 7.36. The highest BCUT2D eigenvalue weighted by Gasteiger charge is 2.38. The predicted molar refractivity (Wildman–Crippen MR) is 94.1 cm³/mol. The third-order valence-corrected chi connectivity index (χ3v) is 5.36. The first-order valence-corrected chi connectivity index (χ1v) is 9.20. The van der Waals surface area contributed by atoms with Crippen LogP contribution in [0.5, 0.6) is 0 Å². The fraction of sp³-hybridized carbons (Fsp3) is 0.632. The Balaban J connectivity index is 2.02. The summed E-state index contributed by atoms with van der Waals surface area (Å²) in [7, 11) is 0. The van der Waals surface area contributed by atoms with Crippen LogP contribution in [0.15, 0.2) is 24.3 Å².